The first kappa shape index (κ1) is 17.6. The molecule has 6 heteroatoms. The lowest BCUT2D eigenvalue weighted by Crippen LogP contribution is -2.44. The zero-order valence-corrected chi connectivity index (χ0v) is 11.9. The predicted octanol–water partition coefficient (Wildman–Crippen LogP) is -0.482. The Morgan fingerprint density at radius 1 is 1.14 bits per heavy atom. The van der Waals surface area contributed by atoms with E-state index in [1.165, 1.54) is 0 Å². The molecule has 0 radical (unpaired) electrons. The van der Waals surface area contributed by atoms with Crippen LogP contribution in [0.3, 0.4) is 0 Å². The second-order valence-corrected chi connectivity index (χ2v) is 4.92. The first-order valence-electron chi connectivity index (χ1n) is 6.76. The van der Waals surface area contributed by atoms with Crippen LogP contribution >= 0.6 is 0 Å². The van der Waals surface area contributed by atoms with Crippen LogP contribution in [0, 0.1) is 5.92 Å². The van der Waals surface area contributed by atoms with Crippen LogP contribution < -0.4 is 4.74 Å². The molecule has 1 rings (SSSR count). The molecule has 1 aromatic carbocycles. The fourth-order valence-electron chi connectivity index (χ4n) is 2.03. The van der Waals surface area contributed by atoms with Crippen molar-refractivity contribution in [1.29, 1.82) is 0 Å². The summed E-state index contributed by atoms with van der Waals surface area (Å²) in [5.74, 6) is -0.0875. The Kier molecular flexibility index (Phi) is 7.31. The average Bonchev–Trinajstić information content (AvgIpc) is 2.54. The average molecular weight is 298 g/mol. The predicted molar refractivity (Wildman–Crippen MR) is 76.0 cm³/mol. The van der Waals surface area contributed by atoms with Gasteiger partial charge in [-0.1, -0.05) is 12.1 Å². The van der Waals surface area contributed by atoms with Gasteiger partial charge in [0.15, 0.2) is 0 Å². The number of carbonyl (C=O) groups excluding carboxylic acids is 1. The standard InChI is InChI=1S/C15H22O6/c1-21-12-6-3-10(4-7-12)2-5-11(8-16)14(19)15(20)13(18)9-17/h3-4,6-8,11,13-15,17-20H,2,5,9H2,1H3/t11-,13+,14+,15+/m0/s1. The van der Waals surface area contributed by atoms with Gasteiger partial charge in [-0.05, 0) is 30.5 Å². The highest BCUT2D eigenvalue weighted by molar-refractivity contribution is 5.54. The van der Waals surface area contributed by atoms with Crippen molar-refractivity contribution in [2.75, 3.05) is 13.7 Å². The van der Waals surface area contributed by atoms with E-state index in [1.807, 2.05) is 12.1 Å². The highest BCUT2D eigenvalue weighted by Crippen LogP contribution is 2.18. The first-order chi connectivity index (χ1) is 10.0. The van der Waals surface area contributed by atoms with Gasteiger partial charge in [0.05, 0.1) is 19.8 Å². The van der Waals surface area contributed by atoms with Gasteiger partial charge in [-0.3, -0.25) is 0 Å². The maximum atomic E-state index is 11.0. The van der Waals surface area contributed by atoms with Crippen LogP contribution in [-0.4, -0.2) is 58.7 Å². The molecular weight excluding hydrogens is 276 g/mol. The van der Waals surface area contributed by atoms with Crippen molar-refractivity contribution in [2.24, 2.45) is 5.92 Å². The summed E-state index contributed by atoms with van der Waals surface area (Å²) in [6.45, 7) is -0.678. The van der Waals surface area contributed by atoms with E-state index in [0.717, 1.165) is 11.3 Å². The molecule has 0 heterocycles. The molecule has 0 aliphatic rings. The summed E-state index contributed by atoms with van der Waals surface area (Å²) < 4.78 is 5.04. The molecule has 0 spiro atoms. The molecule has 21 heavy (non-hydrogen) atoms. The van der Waals surface area contributed by atoms with Crippen molar-refractivity contribution >= 4 is 6.29 Å². The summed E-state index contributed by atoms with van der Waals surface area (Å²) in [5.41, 5.74) is 0.965. The topological polar surface area (TPSA) is 107 Å². The summed E-state index contributed by atoms with van der Waals surface area (Å²) in [6.07, 6.45) is -3.02. The number of methoxy groups -OCH3 is 1. The Labute approximate surface area is 123 Å². The maximum Gasteiger partial charge on any atom is 0.125 e. The van der Waals surface area contributed by atoms with E-state index in [1.54, 1.807) is 19.2 Å². The third-order valence-electron chi connectivity index (χ3n) is 3.47. The molecular formula is C15H22O6. The van der Waals surface area contributed by atoms with E-state index in [2.05, 4.69) is 0 Å². The normalized spacial score (nSPS) is 16.8. The zero-order valence-electron chi connectivity index (χ0n) is 11.9. The number of aliphatic hydroxyl groups is 4. The molecule has 0 aliphatic carbocycles. The van der Waals surface area contributed by atoms with E-state index in [4.69, 9.17) is 9.84 Å². The number of benzene rings is 1. The molecule has 0 bridgehead atoms. The molecule has 1 aromatic rings. The number of rotatable bonds is 9. The third-order valence-corrected chi connectivity index (χ3v) is 3.47. The van der Waals surface area contributed by atoms with Gasteiger partial charge in [0.1, 0.15) is 24.2 Å². The van der Waals surface area contributed by atoms with Crippen LogP contribution in [-0.2, 0) is 11.2 Å². The highest BCUT2D eigenvalue weighted by atomic mass is 16.5. The lowest BCUT2D eigenvalue weighted by Gasteiger charge is -2.25. The molecule has 118 valence electrons. The fourth-order valence-corrected chi connectivity index (χ4v) is 2.03. The number of ether oxygens (including phenoxy) is 1. The van der Waals surface area contributed by atoms with Crippen molar-refractivity contribution < 1.29 is 30.0 Å². The summed E-state index contributed by atoms with van der Waals surface area (Å²) in [5, 5.41) is 37.5. The Hall–Kier alpha value is -1.47. The molecule has 0 amide bonds. The molecule has 0 saturated heterocycles. The van der Waals surface area contributed by atoms with Gasteiger partial charge >= 0.3 is 0 Å². The Morgan fingerprint density at radius 3 is 2.24 bits per heavy atom. The first-order valence-corrected chi connectivity index (χ1v) is 6.76. The number of hydrogen-bond donors (Lipinski definition) is 4. The van der Waals surface area contributed by atoms with Crippen molar-refractivity contribution in [3.8, 4) is 5.75 Å². The molecule has 0 saturated carbocycles. The minimum atomic E-state index is -1.55. The van der Waals surface area contributed by atoms with Gasteiger partial charge in [0.2, 0.25) is 0 Å². The molecule has 4 atom stereocenters. The monoisotopic (exact) mass is 298 g/mol. The van der Waals surface area contributed by atoms with E-state index < -0.39 is 30.8 Å². The summed E-state index contributed by atoms with van der Waals surface area (Å²) in [6, 6.07) is 7.30. The van der Waals surface area contributed by atoms with Crippen molar-refractivity contribution in [2.45, 2.75) is 31.2 Å². The number of hydrogen-bond acceptors (Lipinski definition) is 6. The van der Waals surface area contributed by atoms with E-state index >= 15 is 0 Å². The fraction of sp³-hybridized carbons (Fsp3) is 0.533. The number of aryl methyl sites for hydroxylation is 1. The number of aliphatic hydroxyl groups excluding tert-OH is 4. The van der Waals surface area contributed by atoms with E-state index in [9.17, 15) is 20.1 Å². The lowest BCUT2D eigenvalue weighted by molar-refractivity contribution is -0.125. The molecule has 4 N–H and O–H groups in total. The number of carbonyl (C=O) groups is 1. The van der Waals surface area contributed by atoms with Crippen LogP contribution in [0.4, 0.5) is 0 Å². The second-order valence-electron chi connectivity index (χ2n) is 4.92. The van der Waals surface area contributed by atoms with Crippen LogP contribution in [0.15, 0.2) is 24.3 Å². The molecule has 6 nitrogen and oxygen atoms in total. The smallest absolute Gasteiger partial charge is 0.125 e. The quantitative estimate of drug-likeness (QED) is 0.459. The number of aldehydes is 1. The van der Waals surface area contributed by atoms with E-state index in [0.29, 0.717) is 19.1 Å². The molecule has 0 aliphatic heterocycles. The van der Waals surface area contributed by atoms with Gasteiger partial charge < -0.3 is 30.0 Å². The SMILES string of the molecule is COc1ccc(CC[C@@H](C=O)[C@@H](O)[C@H](O)[C@H](O)CO)cc1. The van der Waals surface area contributed by atoms with Crippen LogP contribution in [0.2, 0.25) is 0 Å². The van der Waals surface area contributed by atoms with Crippen molar-refractivity contribution in [3.05, 3.63) is 29.8 Å². The van der Waals surface area contributed by atoms with Crippen LogP contribution in [0.25, 0.3) is 0 Å². The Balaban J connectivity index is 2.58. The van der Waals surface area contributed by atoms with Gasteiger partial charge in [0, 0.05) is 5.92 Å². The lowest BCUT2D eigenvalue weighted by atomic mass is 9.90. The van der Waals surface area contributed by atoms with Crippen LogP contribution in [0.5, 0.6) is 5.75 Å². The molecule has 0 fully saturated rings. The van der Waals surface area contributed by atoms with Gasteiger partial charge in [-0.25, -0.2) is 0 Å². The summed E-state index contributed by atoms with van der Waals surface area (Å²) >= 11 is 0. The minimum Gasteiger partial charge on any atom is -0.497 e. The molecule has 0 unspecified atom stereocenters. The maximum absolute atomic E-state index is 11.0. The third kappa shape index (κ3) is 5.09. The van der Waals surface area contributed by atoms with Crippen LogP contribution in [0.1, 0.15) is 12.0 Å². The van der Waals surface area contributed by atoms with Crippen molar-refractivity contribution in [1.82, 2.24) is 0 Å². The molecule has 0 aromatic heterocycles. The van der Waals surface area contributed by atoms with Crippen molar-refractivity contribution in [3.63, 3.8) is 0 Å². The summed E-state index contributed by atoms with van der Waals surface area (Å²) in [4.78, 5) is 11.0. The Morgan fingerprint density at radius 2 is 1.76 bits per heavy atom. The van der Waals surface area contributed by atoms with Gasteiger partial charge in [-0.2, -0.15) is 0 Å². The highest BCUT2D eigenvalue weighted by Gasteiger charge is 2.30. The van der Waals surface area contributed by atoms with Gasteiger partial charge in [-0.15, -0.1) is 0 Å². The largest absolute Gasteiger partial charge is 0.497 e. The van der Waals surface area contributed by atoms with E-state index in [-0.39, 0.29) is 0 Å². The Bertz CT molecular complexity index is 419. The van der Waals surface area contributed by atoms with Gasteiger partial charge in [0.25, 0.3) is 0 Å². The summed E-state index contributed by atoms with van der Waals surface area (Å²) in [7, 11) is 1.57. The zero-order chi connectivity index (χ0) is 15.8. The minimum absolute atomic E-state index is 0.326. The second kappa shape index (κ2) is 8.74.